The van der Waals surface area contributed by atoms with E-state index in [9.17, 15) is 4.79 Å². The lowest BCUT2D eigenvalue weighted by molar-refractivity contribution is -0.123. The standard InChI is InChI=1S/C41H66N2O/c1-5-6-7-9-17-34-29-32(25-28-43(34)33-15-10-8-11-16-33)42-39(44)23-18-30(2)36-21-22-37-35-20-19-31-14-12-13-26-40(31,3)38(35)24-27-41(36,37)4/h8,10-11,15-16,30-32,34-38H,5-7,9,12-14,17-29H2,1-4H3,(H,42,44)/t30-,31?,32?,34?,35+,36-,37+,38+,40+,41-/m1/s1. The molecule has 5 fully saturated rings. The quantitative estimate of drug-likeness (QED) is 0.256. The third kappa shape index (κ3) is 6.51. The Bertz CT molecular complexity index is 1070. The van der Waals surface area contributed by atoms with Crippen molar-refractivity contribution in [2.45, 2.75) is 162 Å². The molecule has 4 aliphatic carbocycles. The highest BCUT2D eigenvalue weighted by molar-refractivity contribution is 5.76. The number of anilines is 1. The lowest BCUT2D eigenvalue weighted by Gasteiger charge is -2.61. The molecule has 0 aromatic heterocycles. The van der Waals surface area contributed by atoms with Crippen LogP contribution in [0.1, 0.15) is 150 Å². The predicted molar refractivity (Wildman–Crippen MR) is 186 cm³/mol. The molecular weight excluding hydrogens is 536 g/mol. The van der Waals surface area contributed by atoms with Crippen LogP contribution < -0.4 is 10.2 Å². The first-order valence-corrected chi connectivity index (χ1v) is 19.4. The maximum atomic E-state index is 13.4. The van der Waals surface area contributed by atoms with E-state index in [2.05, 4.69) is 68.2 Å². The average Bonchev–Trinajstić information content (AvgIpc) is 3.39. The van der Waals surface area contributed by atoms with Crippen molar-refractivity contribution in [2.75, 3.05) is 11.4 Å². The Labute approximate surface area is 271 Å². The molecule has 0 radical (unpaired) electrons. The number of rotatable bonds is 11. The number of benzene rings is 1. The Morgan fingerprint density at radius 1 is 0.909 bits per heavy atom. The molecular formula is C41H66N2O. The van der Waals surface area contributed by atoms with Crippen LogP contribution in [-0.4, -0.2) is 24.5 Å². The summed E-state index contributed by atoms with van der Waals surface area (Å²) in [5, 5.41) is 3.54. The molecule has 1 amide bonds. The van der Waals surface area contributed by atoms with Crippen molar-refractivity contribution in [3.63, 3.8) is 0 Å². The lowest BCUT2D eigenvalue weighted by atomic mass is 9.44. The van der Waals surface area contributed by atoms with Gasteiger partial charge in [0.15, 0.2) is 0 Å². The van der Waals surface area contributed by atoms with Gasteiger partial charge in [-0.15, -0.1) is 0 Å². The molecule has 0 bridgehead atoms. The van der Waals surface area contributed by atoms with Crippen LogP contribution in [0.3, 0.4) is 0 Å². The number of amides is 1. The number of hydrogen-bond acceptors (Lipinski definition) is 2. The van der Waals surface area contributed by atoms with E-state index in [4.69, 9.17) is 0 Å². The van der Waals surface area contributed by atoms with Crippen LogP contribution in [0.5, 0.6) is 0 Å². The zero-order valence-electron chi connectivity index (χ0n) is 29.0. The van der Waals surface area contributed by atoms with Crippen molar-refractivity contribution >= 4 is 11.6 Å². The molecule has 1 N–H and O–H groups in total. The molecule has 0 spiro atoms. The number of unbranched alkanes of at least 4 members (excludes halogenated alkanes) is 3. The Hall–Kier alpha value is -1.51. The molecule has 10 atom stereocenters. The molecule has 1 saturated heterocycles. The van der Waals surface area contributed by atoms with Gasteiger partial charge in [-0.3, -0.25) is 4.79 Å². The van der Waals surface area contributed by atoms with E-state index in [1.165, 1.54) is 102 Å². The van der Waals surface area contributed by atoms with Crippen molar-refractivity contribution in [3.05, 3.63) is 30.3 Å². The number of nitrogens with zero attached hydrogens (tertiary/aromatic N) is 1. The molecule has 1 aromatic rings. The number of piperidine rings is 1. The minimum atomic E-state index is 0.312. The normalized spacial score (nSPS) is 39.2. The van der Waals surface area contributed by atoms with E-state index in [-0.39, 0.29) is 0 Å². The summed E-state index contributed by atoms with van der Waals surface area (Å²) in [4.78, 5) is 16.0. The zero-order valence-corrected chi connectivity index (χ0v) is 29.0. The summed E-state index contributed by atoms with van der Waals surface area (Å²) in [6.07, 6.45) is 25.2. The summed E-state index contributed by atoms with van der Waals surface area (Å²) >= 11 is 0. The first-order valence-electron chi connectivity index (χ1n) is 19.4. The van der Waals surface area contributed by atoms with Crippen molar-refractivity contribution in [1.29, 1.82) is 0 Å². The van der Waals surface area contributed by atoms with E-state index in [1.807, 2.05) is 0 Å². The fourth-order valence-electron chi connectivity index (χ4n) is 12.4. The van der Waals surface area contributed by atoms with Crippen LogP contribution in [0.25, 0.3) is 0 Å². The number of nitrogens with one attached hydrogen (secondary N) is 1. The number of fused-ring (bicyclic) bond motifs is 5. The van der Waals surface area contributed by atoms with Gasteiger partial charge in [0.1, 0.15) is 0 Å². The first-order chi connectivity index (χ1) is 21.3. The van der Waals surface area contributed by atoms with Crippen LogP contribution in [0.15, 0.2) is 30.3 Å². The Morgan fingerprint density at radius 3 is 2.55 bits per heavy atom. The first kappa shape index (κ1) is 32.4. The van der Waals surface area contributed by atoms with Gasteiger partial charge in [-0.25, -0.2) is 0 Å². The Kier molecular flexibility index (Phi) is 10.4. The summed E-state index contributed by atoms with van der Waals surface area (Å²) < 4.78 is 0. The monoisotopic (exact) mass is 603 g/mol. The van der Waals surface area contributed by atoms with Crippen molar-refractivity contribution in [1.82, 2.24) is 5.32 Å². The maximum Gasteiger partial charge on any atom is 0.220 e. The van der Waals surface area contributed by atoms with Crippen LogP contribution in [0.2, 0.25) is 0 Å². The molecule has 3 heteroatoms. The van der Waals surface area contributed by atoms with E-state index < -0.39 is 0 Å². The largest absolute Gasteiger partial charge is 0.368 e. The predicted octanol–water partition coefficient (Wildman–Crippen LogP) is 10.6. The number of carbonyl (C=O) groups is 1. The highest BCUT2D eigenvalue weighted by Gasteiger charge is 2.60. The number of para-hydroxylation sites is 1. The van der Waals surface area contributed by atoms with Gasteiger partial charge in [0.2, 0.25) is 5.91 Å². The second-order valence-corrected chi connectivity index (χ2v) is 17.0. The number of carbonyl (C=O) groups excluding carboxylic acids is 1. The van der Waals surface area contributed by atoms with Gasteiger partial charge in [-0.1, -0.05) is 84.4 Å². The topological polar surface area (TPSA) is 32.3 Å². The fraction of sp³-hybridized carbons (Fsp3) is 0.829. The van der Waals surface area contributed by atoms with Crippen LogP contribution in [0, 0.1) is 46.3 Å². The zero-order chi connectivity index (χ0) is 30.7. The summed E-state index contributed by atoms with van der Waals surface area (Å²) in [5.41, 5.74) is 2.49. The third-order valence-electron chi connectivity index (χ3n) is 14.7. The molecule has 6 rings (SSSR count). The van der Waals surface area contributed by atoms with E-state index in [0.29, 0.717) is 41.2 Å². The van der Waals surface area contributed by atoms with Gasteiger partial charge < -0.3 is 10.2 Å². The molecule has 44 heavy (non-hydrogen) atoms. The summed E-state index contributed by atoms with van der Waals surface area (Å²) in [6.45, 7) is 11.2. The number of hydrogen-bond donors (Lipinski definition) is 1. The van der Waals surface area contributed by atoms with E-state index in [0.717, 1.165) is 55.4 Å². The molecule has 1 aromatic carbocycles. The van der Waals surface area contributed by atoms with Gasteiger partial charge in [-0.2, -0.15) is 0 Å². The molecule has 246 valence electrons. The van der Waals surface area contributed by atoms with Crippen LogP contribution in [0.4, 0.5) is 5.69 Å². The summed E-state index contributed by atoms with van der Waals surface area (Å²) in [7, 11) is 0. The average molecular weight is 603 g/mol. The lowest BCUT2D eigenvalue weighted by Crippen LogP contribution is -2.53. The minimum Gasteiger partial charge on any atom is -0.368 e. The van der Waals surface area contributed by atoms with Gasteiger partial charge >= 0.3 is 0 Å². The maximum absolute atomic E-state index is 13.4. The van der Waals surface area contributed by atoms with Crippen molar-refractivity contribution in [3.8, 4) is 0 Å². The second-order valence-electron chi connectivity index (χ2n) is 17.0. The molecule has 3 unspecified atom stereocenters. The molecule has 1 heterocycles. The summed E-state index contributed by atoms with van der Waals surface area (Å²) in [6, 6.07) is 11.8. The van der Waals surface area contributed by atoms with Crippen molar-refractivity contribution in [2.24, 2.45) is 46.3 Å². The molecule has 5 aliphatic rings. The molecule has 1 aliphatic heterocycles. The smallest absolute Gasteiger partial charge is 0.220 e. The fourth-order valence-corrected chi connectivity index (χ4v) is 12.4. The van der Waals surface area contributed by atoms with Crippen LogP contribution in [-0.2, 0) is 4.79 Å². The minimum absolute atomic E-state index is 0.312. The third-order valence-corrected chi connectivity index (χ3v) is 14.7. The van der Waals surface area contributed by atoms with Gasteiger partial charge in [0, 0.05) is 30.7 Å². The molecule has 4 saturated carbocycles. The second kappa shape index (κ2) is 14.1. The highest BCUT2D eigenvalue weighted by Crippen LogP contribution is 2.68. The molecule has 3 nitrogen and oxygen atoms in total. The SMILES string of the molecule is CCCCCCC1CC(NC(=O)CC[C@@H](C)[C@H]2CC[C@H]3[C@@H]4CCC5CCCC[C@]5(C)[C@H]4CC[C@]23C)CCN1c1ccccc1. The van der Waals surface area contributed by atoms with Crippen LogP contribution >= 0.6 is 0 Å². The highest BCUT2D eigenvalue weighted by atomic mass is 16.1. The Morgan fingerprint density at radius 2 is 1.73 bits per heavy atom. The van der Waals surface area contributed by atoms with Crippen molar-refractivity contribution < 1.29 is 4.79 Å². The summed E-state index contributed by atoms with van der Waals surface area (Å²) in [5.74, 6) is 5.68. The van der Waals surface area contributed by atoms with Gasteiger partial charge in [0.05, 0.1) is 0 Å². The van der Waals surface area contributed by atoms with E-state index >= 15 is 0 Å². The van der Waals surface area contributed by atoms with Gasteiger partial charge in [0.25, 0.3) is 0 Å². The Balaban J connectivity index is 1.01. The van der Waals surface area contributed by atoms with Gasteiger partial charge in [-0.05, 0) is 136 Å². The van der Waals surface area contributed by atoms with E-state index in [1.54, 1.807) is 0 Å².